The molecule has 3 amide bonds. The number of carboxylic acids is 1. The molecule has 4 N–H and O–H groups in total. The zero-order valence-corrected chi connectivity index (χ0v) is 22.0. The van der Waals surface area contributed by atoms with Crippen LogP contribution in [0.5, 0.6) is 0 Å². The van der Waals surface area contributed by atoms with E-state index >= 15 is 0 Å². The highest BCUT2D eigenvalue weighted by Gasteiger charge is 2.29. The number of aromatic amines is 1. The zero-order valence-electron chi connectivity index (χ0n) is 22.0. The number of carboxylic acid groups (broad SMARTS) is 1. The maximum atomic E-state index is 13.2. The fourth-order valence-corrected chi connectivity index (χ4v) is 4.83. The molecule has 1 aliphatic heterocycles. The second kappa shape index (κ2) is 13.2. The van der Waals surface area contributed by atoms with E-state index in [1.807, 2.05) is 30.3 Å². The van der Waals surface area contributed by atoms with Gasteiger partial charge in [0.05, 0.1) is 28.4 Å². The Bertz CT molecular complexity index is 1480. The zero-order chi connectivity index (χ0) is 28.5. The van der Waals surface area contributed by atoms with Gasteiger partial charge in [-0.25, -0.2) is 4.79 Å². The SMILES string of the molecule is N#CC(=C1CCN(C(=O)C(=O)c2c[nH]c3c(NC(=O)NCCCCCC(=O)O)cccc23)CC1)c1ccccc1. The molecule has 0 bridgehead atoms. The van der Waals surface area contributed by atoms with Crippen molar-refractivity contribution in [2.75, 3.05) is 25.0 Å². The van der Waals surface area contributed by atoms with Crippen LogP contribution in [0.1, 0.15) is 54.4 Å². The number of aliphatic carboxylic acids is 1. The van der Waals surface area contributed by atoms with Crippen LogP contribution in [-0.2, 0) is 9.59 Å². The summed E-state index contributed by atoms with van der Waals surface area (Å²) in [6.45, 7) is 1.10. The third-order valence-electron chi connectivity index (χ3n) is 6.94. The Morgan fingerprint density at radius 3 is 2.42 bits per heavy atom. The molecule has 206 valence electrons. The number of fused-ring (bicyclic) bond motifs is 1. The molecule has 0 unspecified atom stereocenters. The number of allylic oxidation sites excluding steroid dienone is 1. The second-order valence-electron chi connectivity index (χ2n) is 9.59. The van der Waals surface area contributed by atoms with Gasteiger partial charge in [-0.1, -0.05) is 48.9 Å². The summed E-state index contributed by atoms with van der Waals surface area (Å²) in [5, 5.41) is 24.4. The van der Waals surface area contributed by atoms with Crippen LogP contribution in [0, 0.1) is 11.3 Å². The van der Waals surface area contributed by atoms with E-state index in [0.29, 0.717) is 73.9 Å². The highest BCUT2D eigenvalue weighted by atomic mass is 16.4. The molecule has 1 fully saturated rings. The largest absolute Gasteiger partial charge is 0.481 e. The first-order chi connectivity index (χ1) is 19.4. The number of nitrogens with one attached hydrogen (secondary N) is 3. The van der Waals surface area contributed by atoms with Gasteiger partial charge in [-0.05, 0) is 42.9 Å². The van der Waals surface area contributed by atoms with Gasteiger partial charge in [0, 0.05) is 37.6 Å². The van der Waals surface area contributed by atoms with E-state index < -0.39 is 23.7 Å². The van der Waals surface area contributed by atoms with E-state index in [4.69, 9.17) is 5.11 Å². The number of rotatable bonds is 10. The van der Waals surface area contributed by atoms with Gasteiger partial charge in [0.1, 0.15) is 0 Å². The van der Waals surface area contributed by atoms with Crippen LogP contribution in [0.25, 0.3) is 16.5 Å². The van der Waals surface area contributed by atoms with Crippen molar-refractivity contribution in [3.8, 4) is 6.07 Å². The van der Waals surface area contributed by atoms with Crippen molar-refractivity contribution in [2.24, 2.45) is 0 Å². The highest BCUT2D eigenvalue weighted by Crippen LogP contribution is 2.29. The number of para-hydroxylation sites is 1. The molecular formula is C30H31N5O5. The van der Waals surface area contributed by atoms with Gasteiger partial charge in [0.25, 0.3) is 11.7 Å². The van der Waals surface area contributed by atoms with Gasteiger partial charge in [-0.3, -0.25) is 14.4 Å². The maximum absolute atomic E-state index is 13.2. The fraction of sp³-hybridized carbons (Fsp3) is 0.300. The number of aromatic nitrogens is 1. The van der Waals surface area contributed by atoms with E-state index in [9.17, 15) is 24.4 Å². The van der Waals surface area contributed by atoms with Crippen LogP contribution in [0.3, 0.4) is 0 Å². The number of H-pyrrole nitrogens is 1. The predicted molar refractivity (Wildman–Crippen MR) is 151 cm³/mol. The number of nitrogens with zero attached hydrogens (tertiary/aromatic N) is 2. The molecule has 1 saturated heterocycles. The van der Waals surface area contributed by atoms with Crippen molar-refractivity contribution in [1.82, 2.24) is 15.2 Å². The number of urea groups is 1. The van der Waals surface area contributed by atoms with Crippen molar-refractivity contribution >= 4 is 45.9 Å². The number of Topliss-reactive ketones (excluding diaryl/α,β-unsaturated/α-hetero) is 1. The smallest absolute Gasteiger partial charge is 0.319 e. The van der Waals surface area contributed by atoms with Crippen molar-refractivity contribution in [1.29, 1.82) is 5.26 Å². The Morgan fingerprint density at radius 1 is 0.975 bits per heavy atom. The number of ketones is 1. The third kappa shape index (κ3) is 6.74. The van der Waals surface area contributed by atoms with Crippen LogP contribution in [0.2, 0.25) is 0 Å². The Hall–Kier alpha value is -4.91. The molecule has 0 aliphatic carbocycles. The number of hydrogen-bond donors (Lipinski definition) is 4. The number of hydrogen-bond acceptors (Lipinski definition) is 5. The maximum Gasteiger partial charge on any atom is 0.319 e. The number of nitriles is 1. The molecule has 0 atom stereocenters. The summed E-state index contributed by atoms with van der Waals surface area (Å²) in [5.74, 6) is -2.07. The van der Waals surface area contributed by atoms with Gasteiger partial charge in [-0.15, -0.1) is 0 Å². The number of amides is 3. The summed E-state index contributed by atoms with van der Waals surface area (Å²) >= 11 is 0. The first-order valence-electron chi connectivity index (χ1n) is 13.3. The van der Waals surface area contributed by atoms with Crippen molar-refractivity contribution in [2.45, 2.75) is 38.5 Å². The number of unbranched alkanes of at least 4 members (excludes halogenated alkanes) is 2. The molecule has 3 aromatic rings. The minimum atomic E-state index is -0.834. The van der Waals surface area contributed by atoms with Gasteiger partial charge in [-0.2, -0.15) is 5.26 Å². The Morgan fingerprint density at radius 2 is 1.73 bits per heavy atom. The summed E-state index contributed by atoms with van der Waals surface area (Å²) in [7, 11) is 0. The first-order valence-corrected chi connectivity index (χ1v) is 13.3. The lowest BCUT2D eigenvalue weighted by Crippen LogP contribution is -2.40. The minimum Gasteiger partial charge on any atom is -0.481 e. The predicted octanol–water partition coefficient (Wildman–Crippen LogP) is 4.72. The summed E-state index contributed by atoms with van der Waals surface area (Å²) in [4.78, 5) is 53.8. The lowest BCUT2D eigenvalue weighted by molar-refractivity contribution is -0.137. The van der Waals surface area contributed by atoms with Crippen LogP contribution < -0.4 is 10.6 Å². The number of piperidine rings is 1. The van der Waals surface area contributed by atoms with E-state index in [1.165, 1.54) is 11.1 Å². The number of carbonyl (C=O) groups is 4. The number of carbonyl (C=O) groups excluding carboxylic acids is 3. The van der Waals surface area contributed by atoms with Crippen LogP contribution in [0.4, 0.5) is 10.5 Å². The van der Waals surface area contributed by atoms with Gasteiger partial charge in [0.2, 0.25) is 0 Å². The molecule has 0 radical (unpaired) electrons. The van der Waals surface area contributed by atoms with Gasteiger partial charge >= 0.3 is 12.0 Å². The Kier molecular flexibility index (Phi) is 9.31. The lowest BCUT2D eigenvalue weighted by atomic mass is 9.93. The van der Waals surface area contributed by atoms with Crippen molar-refractivity contribution < 1.29 is 24.3 Å². The van der Waals surface area contributed by atoms with E-state index in [2.05, 4.69) is 21.7 Å². The average Bonchev–Trinajstić information content (AvgIpc) is 3.40. The average molecular weight is 542 g/mol. The standard InChI is InChI=1S/C30H31N5O5/c31-18-23(20-8-3-1-4-9-20)21-13-16-35(17-14-21)29(39)28(38)24-19-33-27-22(24)10-7-11-25(27)34-30(40)32-15-6-2-5-12-26(36)37/h1,3-4,7-11,19,33H,2,5-6,12-17H2,(H,36,37)(H2,32,34,40). The third-order valence-corrected chi connectivity index (χ3v) is 6.94. The van der Waals surface area contributed by atoms with Crippen LogP contribution in [0.15, 0.2) is 60.3 Å². The first kappa shape index (κ1) is 28.1. The van der Waals surface area contributed by atoms with Crippen LogP contribution in [-0.4, -0.2) is 58.3 Å². The molecule has 2 heterocycles. The van der Waals surface area contributed by atoms with Crippen LogP contribution >= 0.6 is 0 Å². The number of likely N-dealkylation sites (tertiary alicyclic amines) is 1. The molecule has 10 heteroatoms. The summed E-state index contributed by atoms with van der Waals surface area (Å²) in [5.41, 5.74) is 3.67. The molecule has 0 spiro atoms. The molecule has 1 aliphatic rings. The molecule has 0 saturated carbocycles. The number of anilines is 1. The molecule has 4 rings (SSSR count). The van der Waals surface area contributed by atoms with Gasteiger partial charge < -0.3 is 25.6 Å². The van der Waals surface area contributed by atoms with E-state index in [1.54, 1.807) is 18.2 Å². The molecule has 1 aromatic heterocycles. The lowest BCUT2D eigenvalue weighted by Gasteiger charge is -2.28. The Balaban J connectivity index is 1.37. The van der Waals surface area contributed by atoms with E-state index in [0.717, 1.165) is 11.1 Å². The molecular weight excluding hydrogens is 510 g/mol. The minimum absolute atomic E-state index is 0.108. The van der Waals surface area contributed by atoms with Crippen molar-refractivity contribution in [3.63, 3.8) is 0 Å². The Labute approximate surface area is 231 Å². The summed E-state index contributed by atoms with van der Waals surface area (Å²) < 4.78 is 0. The summed E-state index contributed by atoms with van der Waals surface area (Å²) in [6.07, 6.45) is 4.54. The van der Waals surface area contributed by atoms with Crippen molar-refractivity contribution in [3.05, 3.63) is 71.4 Å². The molecule has 2 aromatic carbocycles. The summed E-state index contributed by atoms with van der Waals surface area (Å²) in [6, 6.07) is 16.4. The van der Waals surface area contributed by atoms with Gasteiger partial charge in [0.15, 0.2) is 0 Å². The second-order valence-corrected chi connectivity index (χ2v) is 9.59. The quantitative estimate of drug-likeness (QED) is 0.126. The topological polar surface area (TPSA) is 155 Å². The monoisotopic (exact) mass is 541 g/mol. The molecule has 40 heavy (non-hydrogen) atoms. The number of benzene rings is 2. The molecule has 10 nitrogen and oxygen atoms in total. The van der Waals surface area contributed by atoms with E-state index in [-0.39, 0.29) is 12.0 Å². The normalized spacial score (nSPS) is 13.0. The highest BCUT2D eigenvalue weighted by molar-refractivity contribution is 6.45. The fourth-order valence-electron chi connectivity index (χ4n) is 4.83.